The molecule has 0 saturated heterocycles. The van der Waals surface area contributed by atoms with Crippen LogP contribution in [-0.4, -0.2) is 18.3 Å². The van der Waals surface area contributed by atoms with Gasteiger partial charge in [0, 0.05) is 13.2 Å². The van der Waals surface area contributed by atoms with Crippen LogP contribution in [0.4, 0.5) is 0 Å². The average Bonchev–Trinajstić information content (AvgIpc) is 2.80. The number of aliphatic hydroxyl groups is 1. The topological polar surface area (TPSA) is 29.5 Å². The number of hydrogen-bond donors (Lipinski definition) is 1. The van der Waals surface area contributed by atoms with Crippen molar-refractivity contribution in [2.24, 2.45) is 0 Å². The molecule has 2 heteroatoms. The molecule has 0 saturated carbocycles. The van der Waals surface area contributed by atoms with Crippen LogP contribution in [0.15, 0.2) is 91.0 Å². The quantitative estimate of drug-likeness (QED) is 0.290. The maximum Gasteiger partial charge on any atom is 0.143 e. The predicted octanol–water partition coefficient (Wildman–Crippen LogP) is 6.33. The van der Waals surface area contributed by atoms with Crippen LogP contribution in [-0.2, 0) is 10.3 Å². The molecule has 0 aliphatic rings. The molecular weight excluding hydrogens is 356 g/mol. The van der Waals surface area contributed by atoms with Gasteiger partial charge >= 0.3 is 0 Å². The molecule has 1 N–H and O–H groups in total. The lowest BCUT2D eigenvalue weighted by atomic mass is 9.80. The van der Waals surface area contributed by atoms with Crippen LogP contribution in [0.1, 0.15) is 55.2 Å². The van der Waals surface area contributed by atoms with Crippen LogP contribution in [0, 0.1) is 0 Å². The second-order valence-electron chi connectivity index (χ2n) is 7.47. The number of benzene rings is 3. The average molecular weight is 389 g/mol. The van der Waals surface area contributed by atoms with E-state index in [1.165, 1.54) is 12.8 Å². The Labute approximate surface area is 175 Å². The highest BCUT2D eigenvalue weighted by atomic mass is 16.5. The maximum absolute atomic E-state index is 8.90. The monoisotopic (exact) mass is 388 g/mol. The maximum atomic E-state index is 8.90. The first-order chi connectivity index (χ1) is 14.4. The molecule has 0 aliphatic carbocycles. The minimum atomic E-state index is -0.610. The van der Waals surface area contributed by atoms with E-state index in [9.17, 15) is 0 Å². The summed E-state index contributed by atoms with van der Waals surface area (Å²) in [5.41, 5.74) is 2.85. The molecule has 3 rings (SSSR count). The van der Waals surface area contributed by atoms with Crippen LogP contribution < -0.4 is 0 Å². The summed E-state index contributed by atoms with van der Waals surface area (Å²) in [5, 5.41) is 8.90. The molecule has 152 valence electrons. The highest BCUT2D eigenvalue weighted by Crippen LogP contribution is 2.40. The second kappa shape index (κ2) is 11.5. The van der Waals surface area contributed by atoms with Crippen molar-refractivity contribution in [1.29, 1.82) is 0 Å². The van der Waals surface area contributed by atoms with E-state index in [1.807, 2.05) is 0 Å². The van der Waals surface area contributed by atoms with Crippen molar-refractivity contribution in [3.63, 3.8) is 0 Å². The molecule has 0 radical (unpaired) electrons. The van der Waals surface area contributed by atoms with Crippen molar-refractivity contribution in [2.45, 2.75) is 44.1 Å². The predicted molar refractivity (Wildman–Crippen MR) is 120 cm³/mol. The number of aliphatic hydroxyl groups excluding tert-OH is 1. The fourth-order valence-electron chi connectivity index (χ4n) is 3.91. The summed E-state index contributed by atoms with van der Waals surface area (Å²) in [5.74, 6) is 0. The van der Waals surface area contributed by atoms with E-state index in [2.05, 4.69) is 91.0 Å². The van der Waals surface area contributed by atoms with Gasteiger partial charge in [-0.1, -0.05) is 117 Å². The van der Waals surface area contributed by atoms with E-state index < -0.39 is 5.60 Å². The Morgan fingerprint density at radius 3 is 1.31 bits per heavy atom. The summed E-state index contributed by atoms with van der Waals surface area (Å²) in [4.78, 5) is 0. The van der Waals surface area contributed by atoms with Gasteiger partial charge in [-0.2, -0.15) is 0 Å². The smallest absolute Gasteiger partial charge is 0.143 e. The molecule has 0 fully saturated rings. The number of rotatable bonds is 12. The lowest BCUT2D eigenvalue weighted by Gasteiger charge is -2.36. The van der Waals surface area contributed by atoms with Crippen LogP contribution in [0.25, 0.3) is 0 Å². The van der Waals surface area contributed by atoms with E-state index in [1.54, 1.807) is 0 Å². The van der Waals surface area contributed by atoms with Gasteiger partial charge in [0.15, 0.2) is 0 Å². The van der Waals surface area contributed by atoms with E-state index in [-0.39, 0.29) is 0 Å². The van der Waals surface area contributed by atoms with E-state index in [0.29, 0.717) is 13.2 Å². The molecule has 29 heavy (non-hydrogen) atoms. The molecule has 3 aromatic carbocycles. The van der Waals surface area contributed by atoms with Crippen molar-refractivity contribution >= 4 is 0 Å². The lowest BCUT2D eigenvalue weighted by molar-refractivity contribution is 0.0106. The minimum Gasteiger partial charge on any atom is -0.396 e. The number of unbranched alkanes of at least 4 members (excludes halogenated alkanes) is 5. The zero-order chi connectivity index (χ0) is 20.2. The summed E-state index contributed by atoms with van der Waals surface area (Å²) in [6, 6.07) is 31.6. The van der Waals surface area contributed by atoms with Gasteiger partial charge in [0.1, 0.15) is 5.60 Å². The van der Waals surface area contributed by atoms with Gasteiger partial charge in [0.2, 0.25) is 0 Å². The Balaban J connectivity index is 1.83. The van der Waals surface area contributed by atoms with Gasteiger partial charge in [-0.3, -0.25) is 0 Å². The summed E-state index contributed by atoms with van der Waals surface area (Å²) < 4.78 is 6.78. The third-order valence-electron chi connectivity index (χ3n) is 5.41. The molecule has 0 amide bonds. The molecule has 0 bridgehead atoms. The first-order valence-corrected chi connectivity index (χ1v) is 10.8. The molecule has 0 aliphatic heterocycles. The number of hydrogen-bond acceptors (Lipinski definition) is 2. The standard InChI is InChI=1S/C27H32O2/c28-22-14-3-1-2-4-15-23-29-27(24-16-8-5-9-17-24,25-18-10-6-11-19-25)26-20-12-7-13-21-26/h5-13,16-21,28H,1-4,14-15,22-23H2. The minimum absolute atomic E-state index is 0.302. The number of ether oxygens (including phenoxy) is 1. The summed E-state index contributed by atoms with van der Waals surface area (Å²) in [6.45, 7) is 1.01. The second-order valence-corrected chi connectivity index (χ2v) is 7.47. The Bertz CT molecular complexity index is 703. The molecular formula is C27H32O2. The summed E-state index contributed by atoms with van der Waals surface area (Å²) in [7, 11) is 0. The van der Waals surface area contributed by atoms with Crippen LogP contribution in [0.2, 0.25) is 0 Å². The van der Waals surface area contributed by atoms with Gasteiger partial charge < -0.3 is 9.84 Å². The van der Waals surface area contributed by atoms with Crippen LogP contribution in [0.5, 0.6) is 0 Å². The first kappa shape index (κ1) is 21.3. The van der Waals surface area contributed by atoms with Gasteiger partial charge in [0.25, 0.3) is 0 Å². The Morgan fingerprint density at radius 1 is 0.517 bits per heavy atom. The van der Waals surface area contributed by atoms with Gasteiger partial charge in [-0.05, 0) is 29.5 Å². The molecule has 3 aromatic rings. The highest BCUT2D eigenvalue weighted by Gasteiger charge is 2.37. The van der Waals surface area contributed by atoms with E-state index >= 15 is 0 Å². The van der Waals surface area contributed by atoms with Crippen molar-refractivity contribution in [1.82, 2.24) is 0 Å². The Kier molecular flexibility index (Phi) is 8.48. The molecule has 0 spiro atoms. The SMILES string of the molecule is OCCCCCCCCOC(c1ccccc1)(c1ccccc1)c1ccccc1. The zero-order valence-electron chi connectivity index (χ0n) is 17.2. The van der Waals surface area contributed by atoms with Crippen molar-refractivity contribution in [2.75, 3.05) is 13.2 Å². The highest BCUT2D eigenvalue weighted by molar-refractivity contribution is 5.47. The van der Waals surface area contributed by atoms with Crippen LogP contribution in [0.3, 0.4) is 0 Å². The molecule has 0 aromatic heterocycles. The summed E-state index contributed by atoms with van der Waals surface area (Å²) in [6.07, 6.45) is 6.59. The molecule has 0 heterocycles. The Morgan fingerprint density at radius 2 is 0.897 bits per heavy atom. The third-order valence-corrected chi connectivity index (χ3v) is 5.41. The lowest BCUT2D eigenvalue weighted by Crippen LogP contribution is -2.33. The van der Waals surface area contributed by atoms with E-state index in [0.717, 1.165) is 42.4 Å². The van der Waals surface area contributed by atoms with Crippen molar-refractivity contribution < 1.29 is 9.84 Å². The third kappa shape index (κ3) is 5.56. The van der Waals surface area contributed by atoms with Gasteiger partial charge in [0.05, 0.1) is 0 Å². The fourth-order valence-corrected chi connectivity index (χ4v) is 3.91. The van der Waals surface area contributed by atoms with Gasteiger partial charge in [-0.25, -0.2) is 0 Å². The zero-order valence-corrected chi connectivity index (χ0v) is 17.2. The first-order valence-electron chi connectivity index (χ1n) is 10.8. The normalized spacial score (nSPS) is 11.5. The van der Waals surface area contributed by atoms with E-state index in [4.69, 9.17) is 9.84 Å². The van der Waals surface area contributed by atoms with Gasteiger partial charge in [-0.15, -0.1) is 0 Å². The van der Waals surface area contributed by atoms with Crippen LogP contribution >= 0.6 is 0 Å². The largest absolute Gasteiger partial charge is 0.396 e. The molecule has 0 atom stereocenters. The molecule has 0 unspecified atom stereocenters. The Hall–Kier alpha value is -2.42. The summed E-state index contributed by atoms with van der Waals surface area (Å²) >= 11 is 0. The fraction of sp³-hybridized carbons (Fsp3) is 0.333. The van der Waals surface area contributed by atoms with Crippen molar-refractivity contribution in [3.05, 3.63) is 108 Å². The molecule has 2 nitrogen and oxygen atoms in total. The van der Waals surface area contributed by atoms with Crippen molar-refractivity contribution in [3.8, 4) is 0 Å².